The van der Waals surface area contributed by atoms with Crippen LogP contribution < -0.4 is 5.69 Å². The van der Waals surface area contributed by atoms with Crippen LogP contribution in [0.15, 0.2) is 53.3 Å². The Morgan fingerprint density at radius 1 is 0.944 bits per heavy atom. The van der Waals surface area contributed by atoms with E-state index in [1.807, 2.05) is 24.3 Å². The summed E-state index contributed by atoms with van der Waals surface area (Å²) in [7, 11) is 0. The fourth-order valence-corrected chi connectivity index (χ4v) is 5.25. The van der Waals surface area contributed by atoms with Crippen LogP contribution in [0, 0.1) is 5.92 Å². The Hall–Kier alpha value is -3.61. The number of aromatic nitrogens is 2. The van der Waals surface area contributed by atoms with Crippen molar-refractivity contribution >= 4 is 11.9 Å². The van der Waals surface area contributed by atoms with Crippen LogP contribution in [0.3, 0.4) is 0 Å². The molecule has 190 valence electrons. The Morgan fingerprint density at radius 2 is 1.61 bits per heavy atom. The molecule has 7 nitrogen and oxygen atoms in total. The molecule has 1 aliphatic rings. The van der Waals surface area contributed by atoms with Gasteiger partial charge in [-0.25, -0.2) is 14.4 Å². The maximum Gasteiger partial charge on any atom is 0.354 e. The van der Waals surface area contributed by atoms with Gasteiger partial charge in [-0.15, -0.1) is 0 Å². The van der Waals surface area contributed by atoms with Gasteiger partial charge >= 0.3 is 17.6 Å². The van der Waals surface area contributed by atoms with Crippen LogP contribution in [-0.2, 0) is 13.0 Å². The molecule has 0 aliphatic heterocycles. The smallest absolute Gasteiger partial charge is 0.354 e. The largest absolute Gasteiger partial charge is 0.478 e. The predicted molar refractivity (Wildman–Crippen MR) is 139 cm³/mol. The molecule has 0 bridgehead atoms. The zero-order valence-electron chi connectivity index (χ0n) is 20.9. The molecule has 0 amide bonds. The van der Waals surface area contributed by atoms with Crippen molar-refractivity contribution in [2.75, 3.05) is 0 Å². The summed E-state index contributed by atoms with van der Waals surface area (Å²) in [5.41, 5.74) is 2.97. The summed E-state index contributed by atoms with van der Waals surface area (Å²) in [5, 5.41) is 19.7. The molecule has 0 saturated heterocycles. The minimum absolute atomic E-state index is 0.0775. The molecule has 2 N–H and O–H groups in total. The highest BCUT2D eigenvalue weighted by atomic mass is 16.4. The topological polar surface area (TPSA) is 102 Å². The van der Waals surface area contributed by atoms with Crippen LogP contribution in [0.1, 0.15) is 90.5 Å². The van der Waals surface area contributed by atoms with Crippen LogP contribution in [0.25, 0.3) is 11.1 Å². The summed E-state index contributed by atoms with van der Waals surface area (Å²) in [6.07, 6.45) is 6.09. The molecule has 0 atom stereocenters. The number of aromatic carboxylic acids is 2. The lowest BCUT2D eigenvalue weighted by molar-refractivity contribution is 0.0673. The fourth-order valence-electron chi connectivity index (χ4n) is 5.25. The number of benzene rings is 2. The lowest BCUT2D eigenvalue weighted by Gasteiger charge is -2.23. The van der Waals surface area contributed by atoms with Crippen molar-refractivity contribution in [2.24, 2.45) is 5.92 Å². The van der Waals surface area contributed by atoms with Gasteiger partial charge in [0.1, 0.15) is 0 Å². The molecule has 1 fully saturated rings. The quantitative estimate of drug-likeness (QED) is 0.391. The van der Waals surface area contributed by atoms with Crippen molar-refractivity contribution in [3.05, 3.63) is 81.5 Å². The van der Waals surface area contributed by atoms with Gasteiger partial charge in [0.25, 0.3) is 0 Å². The molecule has 0 unspecified atom stereocenters. The van der Waals surface area contributed by atoms with Crippen molar-refractivity contribution in [1.82, 2.24) is 9.13 Å². The molecular formula is C29H34N2O5. The first-order chi connectivity index (χ1) is 17.3. The van der Waals surface area contributed by atoms with Gasteiger partial charge in [0.05, 0.1) is 17.8 Å². The third-order valence-electron chi connectivity index (χ3n) is 7.14. The summed E-state index contributed by atoms with van der Waals surface area (Å²) in [6, 6.07) is 14.2. The van der Waals surface area contributed by atoms with Crippen molar-refractivity contribution in [2.45, 2.75) is 71.4 Å². The number of carbonyl (C=O) groups is 2. The molecule has 1 heterocycles. The lowest BCUT2D eigenvalue weighted by atomic mass is 9.95. The highest BCUT2D eigenvalue weighted by Gasteiger charge is 2.30. The maximum atomic E-state index is 13.7. The Kier molecular flexibility index (Phi) is 7.77. The number of rotatable bonds is 9. The van der Waals surface area contributed by atoms with E-state index < -0.39 is 11.9 Å². The van der Waals surface area contributed by atoms with E-state index in [0.29, 0.717) is 23.6 Å². The molecule has 1 aliphatic carbocycles. The Labute approximate surface area is 211 Å². The van der Waals surface area contributed by atoms with E-state index in [-0.39, 0.29) is 29.5 Å². The van der Waals surface area contributed by atoms with Crippen LogP contribution in [0.5, 0.6) is 0 Å². The van der Waals surface area contributed by atoms with E-state index in [4.69, 9.17) is 0 Å². The van der Waals surface area contributed by atoms with Gasteiger partial charge in [0.15, 0.2) is 5.69 Å². The summed E-state index contributed by atoms with van der Waals surface area (Å²) < 4.78 is 3.19. The summed E-state index contributed by atoms with van der Waals surface area (Å²) in [6.45, 7) is 4.45. The minimum atomic E-state index is -1.05. The molecule has 3 aromatic rings. The highest BCUT2D eigenvalue weighted by Crippen LogP contribution is 2.30. The van der Waals surface area contributed by atoms with Gasteiger partial charge in [-0.3, -0.25) is 9.13 Å². The second-order valence-corrected chi connectivity index (χ2v) is 10.1. The van der Waals surface area contributed by atoms with E-state index in [1.54, 1.807) is 33.4 Å². The first kappa shape index (κ1) is 25.5. The summed E-state index contributed by atoms with van der Waals surface area (Å²) >= 11 is 0. The van der Waals surface area contributed by atoms with Gasteiger partial charge in [0.2, 0.25) is 0 Å². The molecule has 0 radical (unpaired) electrons. The first-order valence-electron chi connectivity index (χ1n) is 12.8. The van der Waals surface area contributed by atoms with Gasteiger partial charge in [-0.05, 0) is 54.4 Å². The van der Waals surface area contributed by atoms with E-state index in [0.717, 1.165) is 49.7 Å². The fraction of sp³-hybridized carbons (Fsp3) is 0.414. The number of hydrogen-bond donors (Lipinski definition) is 2. The molecule has 0 spiro atoms. The molecule has 4 rings (SSSR count). The van der Waals surface area contributed by atoms with Crippen molar-refractivity contribution < 1.29 is 19.8 Å². The maximum absolute atomic E-state index is 13.7. The Morgan fingerprint density at radius 3 is 2.22 bits per heavy atom. The van der Waals surface area contributed by atoms with Crippen molar-refractivity contribution in [1.29, 1.82) is 0 Å². The first-order valence-corrected chi connectivity index (χ1v) is 12.8. The van der Waals surface area contributed by atoms with E-state index >= 15 is 0 Å². The van der Waals surface area contributed by atoms with Crippen LogP contribution >= 0.6 is 0 Å². The predicted octanol–water partition coefficient (Wildman–Crippen LogP) is 5.86. The normalized spacial score (nSPS) is 14.3. The number of carboxylic acid groups (broad SMARTS) is 2. The third kappa shape index (κ3) is 5.30. The third-order valence-corrected chi connectivity index (χ3v) is 7.14. The molecule has 7 heteroatoms. The van der Waals surface area contributed by atoms with Crippen molar-refractivity contribution in [3.8, 4) is 11.1 Å². The molecule has 2 aromatic carbocycles. The molecule has 1 aromatic heterocycles. The van der Waals surface area contributed by atoms with E-state index in [2.05, 4.69) is 13.8 Å². The Balaban J connectivity index is 1.73. The van der Waals surface area contributed by atoms with E-state index in [9.17, 15) is 24.6 Å². The zero-order valence-corrected chi connectivity index (χ0v) is 20.9. The Bertz CT molecular complexity index is 1290. The SMILES string of the molecule is CC(C)CCc1c(C(=O)O)n(C2CCCCC2)c(=O)n1Cc1ccc(-c2ccccc2C(=O)O)cc1. The van der Waals surface area contributed by atoms with Crippen LogP contribution in [0.2, 0.25) is 0 Å². The number of nitrogens with zero attached hydrogens (tertiary/aromatic N) is 2. The zero-order chi connectivity index (χ0) is 25.8. The molecular weight excluding hydrogens is 456 g/mol. The average Bonchev–Trinajstić information content (AvgIpc) is 3.15. The van der Waals surface area contributed by atoms with E-state index in [1.165, 1.54) is 0 Å². The van der Waals surface area contributed by atoms with Crippen LogP contribution in [-0.4, -0.2) is 31.3 Å². The number of imidazole rings is 1. The van der Waals surface area contributed by atoms with Crippen LogP contribution in [0.4, 0.5) is 0 Å². The van der Waals surface area contributed by atoms with Gasteiger partial charge in [0, 0.05) is 6.04 Å². The molecule has 1 saturated carbocycles. The highest BCUT2D eigenvalue weighted by molar-refractivity contribution is 5.96. The summed E-state index contributed by atoms with van der Waals surface area (Å²) in [5.74, 6) is -1.65. The lowest BCUT2D eigenvalue weighted by Crippen LogP contribution is -2.30. The number of hydrogen-bond acceptors (Lipinski definition) is 3. The van der Waals surface area contributed by atoms with Crippen molar-refractivity contribution in [3.63, 3.8) is 0 Å². The minimum Gasteiger partial charge on any atom is -0.478 e. The summed E-state index contributed by atoms with van der Waals surface area (Å²) in [4.78, 5) is 37.7. The van der Waals surface area contributed by atoms with Gasteiger partial charge < -0.3 is 10.2 Å². The number of carboxylic acids is 2. The second kappa shape index (κ2) is 11.0. The second-order valence-electron chi connectivity index (χ2n) is 10.1. The van der Waals surface area contributed by atoms with Gasteiger partial charge in [-0.2, -0.15) is 0 Å². The molecule has 36 heavy (non-hydrogen) atoms. The van der Waals surface area contributed by atoms with Gasteiger partial charge in [-0.1, -0.05) is 75.6 Å². The monoisotopic (exact) mass is 490 g/mol. The standard InChI is InChI=1S/C29H34N2O5/c1-19(2)12-17-25-26(28(34)35)31(22-8-4-3-5-9-22)29(36)30(25)18-20-13-15-21(16-14-20)23-10-6-7-11-24(23)27(32)33/h6-7,10-11,13-16,19,22H,3-5,8-9,12,17-18H2,1-2H3,(H,32,33)(H,34,35). The average molecular weight is 491 g/mol.